The van der Waals surface area contributed by atoms with Crippen LogP contribution >= 0.6 is 23.4 Å². The van der Waals surface area contributed by atoms with Crippen molar-refractivity contribution in [3.8, 4) is 0 Å². The van der Waals surface area contributed by atoms with Gasteiger partial charge < -0.3 is 10.4 Å². The monoisotopic (exact) mass is 277 g/mol. The van der Waals surface area contributed by atoms with Crippen LogP contribution in [0.5, 0.6) is 0 Å². The molecule has 0 heterocycles. The first kappa shape index (κ1) is 14.8. The molecule has 1 aromatic carbocycles. The molecule has 2 nitrogen and oxygen atoms in total. The summed E-state index contributed by atoms with van der Waals surface area (Å²) in [6.45, 7) is 2.76. The van der Waals surface area contributed by atoms with E-state index >= 15 is 0 Å². The summed E-state index contributed by atoms with van der Waals surface area (Å²) in [6, 6.07) is 4.86. The zero-order chi connectivity index (χ0) is 12.8. The van der Waals surface area contributed by atoms with Crippen molar-refractivity contribution in [2.24, 2.45) is 0 Å². The van der Waals surface area contributed by atoms with Gasteiger partial charge in [-0.1, -0.05) is 17.7 Å². The Bertz CT molecular complexity index is 360. The fraction of sp³-hybridized carbons (Fsp3) is 0.500. The van der Waals surface area contributed by atoms with Crippen LogP contribution in [0.2, 0.25) is 5.02 Å². The quantitative estimate of drug-likeness (QED) is 0.839. The van der Waals surface area contributed by atoms with Crippen LogP contribution in [-0.4, -0.2) is 29.3 Å². The molecule has 0 aromatic heterocycles. The Morgan fingerprint density at radius 1 is 1.53 bits per heavy atom. The fourth-order valence-corrected chi connectivity index (χ4v) is 2.35. The standard InChI is InChI=1S/C12H17ClFNOS/c1-8(12(7-16)17-2)15-6-9-3-4-11(14)10(13)5-9/h3-5,8,12,15-16H,6-7H2,1-2H3. The fourth-order valence-electron chi connectivity index (χ4n) is 1.50. The van der Waals surface area contributed by atoms with E-state index in [4.69, 9.17) is 16.7 Å². The summed E-state index contributed by atoms with van der Waals surface area (Å²) < 4.78 is 12.9. The van der Waals surface area contributed by atoms with Crippen LogP contribution in [0.4, 0.5) is 4.39 Å². The lowest BCUT2D eigenvalue weighted by Crippen LogP contribution is -2.37. The van der Waals surface area contributed by atoms with Crippen LogP contribution in [0.1, 0.15) is 12.5 Å². The number of hydrogen-bond donors (Lipinski definition) is 2. The zero-order valence-corrected chi connectivity index (χ0v) is 11.5. The molecule has 0 aliphatic heterocycles. The Labute approximate surface area is 111 Å². The number of halogens is 2. The number of nitrogens with one attached hydrogen (secondary N) is 1. The van der Waals surface area contributed by atoms with Gasteiger partial charge in [-0.2, -0.15) is 11.8 Å². The van der Waals surface area contributed by atoms with Crippen molar-refractivity contribution < 1.29 is 9.50 Å². The summed E-state index contributed by atoms with van der Waals surface area (Å²) in [6.07, 6.45) is 1.97. The van der Waals surface area contributed by atoms with Crippen molar-refractivity contribution in [2.45, 2.75) is 24.8 Å². The Hall–Kier alpha value is -0.290. The summed E-state index contributed by atoms with van der Waals surface area (Å²) in [5.74, 6) is -0.402. The van der Waals surface area contributed by atoms with Gasteiger partial charge in [-0.15, -0.1) is 0 Å². The van der Waals surface area contributed by atoms with Crippen LogP contribution in [0, 0.1) is 5.82 Å². The average Bonchev–Trinajstić information content (AvgIpc) is 2.32. The van der Waals surface area contributed by atoms with Crippen LogP contribution in [0.25, 0.3) is 0 Å². The van der Waals surface area contributed by atoms with E-state index in [1.807, 2.05) is 13.2 Å². The van der Waals surface area contributed by atoms with Crippen LogP contribution in [0.15, 0.2) is 18.2 Å². The maximum absolute atomic E-state index is 12.9. The molecule has 0 saturated carbocycles. The van der Waals surface area contributed by atoms with Gasteiger partial charge in [0.15, 0.2) is 0 Å². The van der Waals surface area contributed by atoms with Gasteiger partial charge >= 0.3 is 0 Å². The van der Waals surface area contributed by atoms with Gasteiger partial charge in [0.05, 0.1) is 11.6 Å². The molecular weight excluding hydrogens is 261 g/mol. The molecule has 0 amide bonds. The molecule has 96 valence electrons. The van der Waals surface area contributed by atoms with Crippen molar-refractivity contribution in [3.63, 3.8) is 0 Å². The smallest absolute Gasteiger partial charge is 0.141 e. The zero-order valence-electron chi connectivity index (χ0n) is 9.91. The number of aliphatic hydroxyl groups is 1. The van der Waals surface area contributed by atoms with Gasteiger partial charge in [-0.05, 0) is 30.9 Å². The van der Waals surface area contributed by atoms with Gasteiger partial charge in [0.1, 0.15) is 5.82 Å². The molecule has 0 spiro atoms. The largest absolute Gasteiger partial charge is 0.395 e. The van der Waals surface area contributed by atoms with Crippen molar-refractivity contribution >= 4 is 23.4 Å². The highest BCUT2D eigenvalue weighted by molar-refractivity contribution is 7.99. The predicted molar refractivity (Wildman–Crippen MR) is 72.1 cm³/mol. The molecule has 2 atom stereocenters. The number of benzene rings is 1. The van der Waals surface area contributed by atoms with Gasteiger partial charge in [-0.25, -0.2) is 4.39 Å². The maximum Gasteiger partial charge on any atom is 0.141 e. The number of thioether (sulfide) groups is 1. The van der Waals surface area contributed by atoms with Crippen molar-refractivity contribution in [1.82, 2.24) is 5.32 Å². The lowest BCUT2D eigenvalue weighted by Gasteiger charge is -2.21. The highest BCUT2D eigenvalue weighted by Gasteiger charge is 2.14. The Morgan fingerprint density at radius 3 is 2.76 bits per heavy atom. The van der Waals surface area contributed by atoms with E-state index in [0.717, 1.165) is 5.56 Å². The molecule has 2 N–H and O–H groups in total. The summed E-state index contributed by atoms with van der Waals surface area (Å²) in [7, 11) is 0. The summed E-state index contributed by atoms with van der Waals surface area (Å²) in [5, 5.41) is 12.7. The van der Waals surface area contributed by atoms with E-state index in [1.54, 1.807) is 23.9 Å². The van der Waals surface area contributed by atoms with Gasteiger partial charge in [0, 0.05) is 17.8 Å². The normalized spacial score (nSPS) is 14.6. The molecule has 1 aromatic rings. The van der Waals surface area contributed by atoms with Crippen molar-refractivity contribution in [3.05, 3.63) is 34.6 Å². The van der Waals surface area contributed by atoms with Crippen molar-refractivity contribution in [1.29, 1.82) is 0 Å². The van der Waals surface area contributed by atoms with Crippen LogP contribution < -0.4 is 5.32 Å². The maximum atomic E-state index is 12.9. The number of rotatable bonds is 6. The second kappa shape index (κ2) is 7.21. The second-order valence-electron chi connectivity index (χ2n) is 3.87. The third-order valence-electron chi connectivity index (χ3n) is 2.65. The first-order valence-electron chi connectivity index (χ1n) is 5.39. The molecule has 0 bridgehead atoms. The van der Waals surface area contributed by atoms with E-state index in [1.165, 1.54) is 6.07 Å². The van der Waals surface area contributed by atoms with E-state index in [2.05, 4.69) is 5.32 Å². The molecule has 0 aliphatic rings. The molecule has 1 rings (SSSR count). The number of aliphatic hydroxyl groups excluding tert-OH is 1. The molecule has 17 heavy (non-hydrogen) atoms. The molecule has 0 saturated heterocycles. The SMILES string of the molecule is CSC(CO)C(C)NCc1ccc(F)c(Cl)c1. The highest BCUT2D eigenvalue weighted by atomic mass is 35.5. The summed E-state index contributed by atoms with van der Waals surface area (Å²) >= 11 is 7.32. The second-order valence-corrected chi connectivity index (χ2v) is 5.36. The van der Waals surface area contributed by atoms with E-state index < -0.39 is 5.82 Å². The van der Waals surface area contributed by atoms with E-state index in [0.29, 0.717) is 6.54 Å². The molecular formula is C12H17ClFNOS. The minimum atomic E-state index is -0.402. The third-order valence-corrected chi connectivity index (χ3v) is 4.11. The molecule has 0 fully saturated rings. The van der Waals surface area contributed by atoms with Gasteiger partial charge in [0.25, 0.3) is 0 Å². The molecule has 0 radical (unpaired) electrons. The average molecular weight is 278 g/mol. The van der Waals surface area contributed by atoms with Gasteiger partial charge in [0.2, 0.25) is 0 Å². The summed E-state index contributed by atoms with van der Waals surface area (Å²) in [4.78, 5) is 0. The highest BCUT2D eigenvalue weighted by Crippen LogP contribution is 2.16. The van der Waals surface area contributed by atoms with E-state index in [9.17, 15) is 4.39 Å². The third kappa shape index (κ3) is 4.47. The van der Waals surface area contributed by atoms with Gasteiger partial charge in [-0.3, -0.25) is 0 Å². The minimum Gasteiger partial charge on any atom is -0.395 e. The first-order chi connectivity index (χ1) is 8.08. The van der Waals surface area contributed by atoms with Crippen LogP contribution in [-0.2, 0) is 6.54 Å². The Balaban J connectivity index is 2.52. The predicted octanol–water partition coefficient (Wildman–Crippen LogP) is 2.68. The van der Waals surface area contributed by atoms with E-state index in [-0.39, 0.29) is 22.9 Å². The lowest BCUT2D eigenvalue weighted by atomic mass is 10.2. The molecule has 5 heteroatoms. The Kier molecular flexibility index (Phi) is 6.27. The van der Waals surface area contributed by atoms with Crippen LogP contribution in [0.3, 0.4) is 0 Å². The molecule has 0 aliphatic carbocycles. The first-order valence-corrected chi connectivity index (χ1v) is 7.06. The summed E-state index contributed by atoms with van der Waals surface area (Å²) in [5.41, 5.74) is 0.932. The lowest BCUT2D eigenvalue weighted by molar-refractivity contribution is 0.276. The van der Waals surface area contributed by atoms with Crippen molar-refractivity contribution in [2.75, 3.05) is 12.9 Å². The number of hydrogen-bond acceptors (Lipinski definition) is 3. The molecule has 2 unspecified atom stereocenters. The Morgan fingerprint density at radius 2 is 2.24 bits per heavy atom. The topological polar surface area (TPSA) is 32.3 Å². The minimum absolute atomic E-state index is 0.138.